The molecule has 1 fully saturated rings. The number of carbonyl (C=O) groups is 2. The molecule has 8 nitrogen and oxygen atoms in total. The zero-order valence-electron chi connectivity index (χ0n) is 18.3. The van der Waals surface area contributed by atoms with Crippen LogP contribution in [-0.2, 0) is 15.1 Å². The maximum atomic E-state index is 12.8. The summed E-state index contributed by atoms with van der Waals surface area (Å²) in [5.74, 6) is 1.14. The summed E-state index contributed by atoms with van der Waals surface area (Å²) in [7, 11) is 3.15. The van der Waals surface area contributed by atoms with E-state index in [4.69, 9.17) is 18.9 Å². The molecule has 1 saturated carbocycles. The first-order valence-corrected chi connectivity index (χ1v) is 10.8. The van der Waals surface area contributed by atoms with E-state index in [0.717, 1.165) is 31.2 Å². The molecule has 1 aliphatic carbocycles. The quantitative estimate of drug-likeness (QED) is 0.671. The van der Waals surface area contributed by atoms with E-state index in [9.17, 15) is 9.59 Å². The van der Waals surface area contributed by atoms with Crippen LogP contribution >= 0.6 is 0 Å². The second-order valence-corrected chi connectivity index (χ2v) is 8.02. The topological polar surface area (TPSA) is 95.1 Å². The summed E-state index contributed by atoms with van der Waals surface area (Å²) in [5.41, 5.74) is 0.284. The third-order valence-corrected chi connectivity index (χ3v) is 6.01. The van der Waals surface area contributed by atoms with Gasteiger partial charge in [0.1, 0.15) is 12.7 Å². The summed E-state index contributed by atoms with van der Waals surface area (Å²) in [6.45, 7) is 0.471. The van der Waals surface area contributed by atoms with Crippen molar-refractivity contribution in [2.45, 2.75) is 37.3 Å². The number of rotatable bonds is 6. The van der Waals surface area contributed by atoms with Crippen molar-refractivity contribution >= 4 is 11.8 Å². The number of methoxy groups -OCH3 is 2. The molecular weight excluding hydrogens is 412 g/mol. The number of para-hydroxylation sites is 2. The Morgan fingerprint density at radius 3 is 2.44 bits per heavy atom. The molecule has 1 heterocycles. The van der Waals surface area contributed by atoms with Crippen LogP contribution in [0.3, 0.4) is 0 Å². The van der Waals surface area contributed by atoms with Gasteiger partial charge in [-0.1, -0.05) is 31.0 Å². The minimum absolute atomic E-state index is 0.171. The monoisotopic (exact) mass is 440 g/mol. The van der Waals surface area contributed by atoms with E-state index in [-0.39, 0.29) is 12.6 Å². The molecule has 0 spiro atoms. The molecule has 0 unspecified atom stereocenters. The Morgan fingerprint density at radius 1 is 1.00 bits per heavy atom. The lowest BCUT2D eigenvalue weighted by molar-refractivity contribution is -0.140. The highest BCUT2D eigenvalue weighted by Crippen LogP contribution is 2.41. The number of nitrogens with one attached hydrogen (secondary N) is 2. The first-order valence-electron chi connectivity index (χ1n) is 10.8. The summed E-state index contributed by atoms with van der Waals surface area (Å²) in [6.07, 6.45) is 3.05. The van der Waals surface area contributed by atoms with Gasteiger partial charge in [-0.3, -0.25) is 9.59 Å². The normalized spacial score (nSPS) is 18.5. The van der Waals surface area contributed by atoms with Gasteiger partial charge in [0.05, 0.1) is 26.3 Å². The largest absolute Gasteiger partial charge is 0.493 e. The minimum atomic E-state index is -0.695. The Bertz CT molecular complexity index is 986. The highest BCUT2D eigenvalue weighted by atomic mass is 16.6. The molecule has 4 rings (SSSR count). The first-order chi connectivity index (χ1) is 15.5. The van der Waals surface area contributed by atoms with Crippen molar-refractivity contribution in [2.75, 3.05) is 27.4 Å². The van der Waals surface area contributed by atoms with E-state index in [0.29, 0.717) is 29.6 Å². The molecule has 0 radical (unpaired) electrons. The Kier molecular flexibility index (Phi) is 6.39. The summed E-state index contributed by atoms with van der Waals surface area (Å²) in [6, 6.07) is 13.0. The smallest absolute Gasteiger partial charge is 0.310 e. The van der Waals surface area contributed by atoms with Crippen LogP contribution in [-0.4, -0.2) is 45.3 Å². The molecule has 8 heteroatoms. The van der Waals surface area contributed by atoms with Crippen molar-refractivity contribution in [2.24, 2.45) is 0 Å². The summed E-state index contributed by atoms with van der Waals surface area (Å²) >= 11 is 0. The van der Waals surface area contributed by atoms with Crippen molar-refractivity contribution < 1.29 is 28.5 Å². The van der Waals surface area contributed by atoms with Crippen molar-refractivity contribution in [3.63, 3.8) is 0 Å². The lowest BCUT2D eigenvalue weighted by Gasteiger charge is -2.31. The highest BCUT2D eigenvalue weighted by molar-refractivity contribution is 6.35. The molecule has 1 atom stereocenters. The van der Waals surface area contributed by atoms with Crippen LogP contribution < -0.4 is 29.6 Å². The number of hydrogen-bond acceptors (Lipinski definition) is 6. The fourth-order valence-corrected chi connectivity index (χ4v) is 4.32. The van der Waals surface area contributed by atoms with Gasteiger partial charge in [0.15, 0.2) is 23.0 Å². The highest BCUT2D eigenvalue weighted by Gasteiger charge is 2.39. The third kappa shape index (κ3) is 4.44. The fourth-order valence-electron chi connectivity index (χ4n) is 4.32. The van der Waals surface area contributed by atoms with E-state index < -0.39 is 17.4 Å². The zero-order valence-corrected chi connectivity index (χ0v) is 18.3. The maximum Gasteiger partial charge on any atom is 0.310 e. The van der Waals surface area contributed by atoms with Crippen molar-refractivity contribution in [3.05, 3.63) is 48.0 Å². The number of hydrogen-bond donors (Lipinski definition) is 2. The molecule has 170 valence electrons. The predicted octanol–water partition coefficient (Wildman–Crippen LogP) is 2.55. The Balaban J connectivity index is 1.39. The number of ether oxygens (including phenoxy) is 4. The Hall–Kier alpha value is -3.42. The molecule has 0 saturated heterocycles. The molecule has 2 aromatic rings. The van der Waals surface area contributed by atoms with Crippen LogP contribution in [0.4, 0.5) is 0 Å². The molecule has 2 amide bonds. The van der Waals surface area contributed by atoms with Gasteiger partial charge in [-0.15, -0.1) is 0 Å². The third-order valence-electron chi connectivity index (χ3n) is 6.01. The summed E-state index contributed by atoms with van der Waals surface area (Å²) in [5, 5.41) is 5.65. The number of benzene rings is 2. The first kappa shape index (κ1) is 21.8. The van der Waals surface area contributed by atoms with Gasteiger partial charge in [0.2, 0.25) is 0 Å². The molecule has 32 heavy (non-hydrogen) atoms. The molecule has 2 N–H and O–H groups in total. The van der Waals surface area contributed by atoms with Crippen LogP contribution in [0.1, 0.15) is 31.2 Å². The molecule has 0 aromatic heterocycles. The standard InChI is InChI=1S/C24H28N2O6/c1-29-18-10-9-16(13-21(18)30-2)24(11-5-6-12-24)26-23(28)22(27)25-14-17-15-31-19-7-3-4-8-20(19)32-17/h3-4,7-10,13,17H,5-6,11-12,14-15H2,1-2H3,(H,25,27)(H,26,28)/t17-/m1/s1. The van der Waals surface area contributed by atoms with Gasteiger partial charge in [0.25, 0.3) is 0 Å². The molecule has 0 bridgehead atoms. The van der Waals surface area contributed by atoms with Crippen LogP contribution in [0, 0.1) is 0 Å². The SMILES string of the molecule is COc1ccc(C2(NC(=O)C(=O)NC[C@@H]3COc4ccccc4O3)CCCC2)cc1OC. The van der Waals surface area contributed by atoms with E-state index >= 15 is 0 Å². The Labute approximate surface area is 187 Å². The van der Waals surface area contributed by atoms with Crippen LogP contribution in [0.5, 0.6) is 23.0 Å². The van der Waals surface area contributed by atoms with Crippen LogP contribution in [0.2, 0.25) is 0 Å². The van der Waals surface area contributed by atoms with Crippen LogP contribution in [0.25, 0.3) is 0 Å². The molecule has 1 aliphatic heterocycles. The predicted molar refractivity (Wildman–Crippen MR) is 117 cm³/mol. The minimum Gasteiger partial charge on any atom is -0.493 e. The van der Waals surface area contributed by atoms with Gasteiger partial charge >= 0.3 is 11.8 Å². The van der Waals surface area contributed by atoms with Crippen molar-refractivity contribution in [1.82, 2.24) is 10.6 Å². The average Bonchev–Trinajstić information content (AvgIpc) is 3.31. The zero-order chi connectivity index (χ0) is 22.6. The van der Waals surface area contributed by atoms with Gasteiger partial charge in [-0.05, 0) is 42.7 Å². The van der Waals surface area contributed by atoms with Gasteiger partial charge < -0.3 is 29.6 Å². The maximum absolute atomic E-state index is 12.8. The lowest BCUT2D eigenvalue weighted by atomic mass is 9.87. The number of amides is 2. The fraction of sp³-hybridized carbons (Fsp3) is 0.417. The second kappa shape index (κ2) is 9.38. The van der Waals surface area contributed by atoms with Gasteiger partial charge in [-0.2, -0.15) is 0 Å². The molecule has 2 aromatic carbocycles. The number of fused-ring (bicyclic) bond motifs is 1. The van der Waals surface area contributed by atoms with Crippen molar-refractivity contribution in [3.8, 4) is 23.0 Å². The summed E-state index contributed by atoms with van der Waals surface area (Å²) in [4.78, 5) is 25.3. The van der Waals surface area contributed by atoms with Gasteiger partial charge in [0, 0.05) is 0 Å². The molecule has 2 aliphatic rings. The van der Waals surface area contributed by atoms with E-state index in [2.05, 4.69) is 10.6 Å². The Morgan fingerprint density at radius 2 is 1.72 bits per heavy atom. The van der Waals surface area contributed by atoms with E-state index in [1.165, 1.54) is 0 Å². The number of carbonyl (C=O) groups excluding carboxylic acids is 2. The second-order valence-electron chi connectivity index (χ2n) is 8.02. The summed E-state index contributed by atoms with van der Waals surface area (Å²) < 4.78 is 22.2. The molecular formula is C24H28N2O6. The van der Waals surface area contributed by atoms with E-state index in [1.807, 2.05) is 42.5 Å². The average molecular weight is 440 g/mol. The van der Waals surface area contributed by atoms with E-state index in [1.54, 1.807) is 14.2 Å². The van der Waals surface area contributed by atoms with Crippen LogP contribution in [0.15, 0.2) is 42.5 Å². The van der Waals surface area contributed by atoms with Crippen molar-refractivity contribution in [1.29, 1.82) is 0 Å². The van der Waals surface area contributed by atoms with Gasteiger partial charge in [-0.25, -0.2) is 0 Å². The lowest BCUT2D eigenvalue weighted by Crippen LogP contribution is -2.51.